The third-order valence-corrected chi connectivity index (χ3v) is 5.46. The summed E-state index contributed by atoms with van der Waals surface area (Å²) in [4.78, 5) is 18.9. The number of nitrogens with zero attached hydrogens (tertiary/aromatic N) is 3. The maximum absolute atomic E-state index is 12.5. The van der Waals surface area contributed by atoms with Crippen LogP contribution in [0.15, 0.2) is 59.6 Å². The standard InChI is InChI=1S/C24H25N3O2/c1-4-17-5-7-18(8-6-17)15-27-21(13-14-22(27)28)24-25-23(26-29-24)20-11-9-19(10-12-20)16(2)3/h4-12,16,21H,1,13-15H2,2-3H3. The molecule has 1 aliphatic rings. The second-order valence-corrected chi connectivity index (χ2v) is 7.75. The smallest absolute Gasteiger partial charge is 0.249 e. The van der Waals surface area contributed by atoms with Gasteiger partial charge >= 0.3 is 0 Å². The topological polar surface area (TPSA) is 59.2 Å². The molecule has 2 heterocycles. The molecule has 1 aromatic heterocycles. The summed E-state index contributed by atoms with van der Waals surface area (Å²) in [6, 6.07) is 16.1. The van der Waals surface area contributed by atoms with Crippen LogP contribution in [-0.4, -0.2) is 20.9 Å². The Labute approximate surface area is 171 Å². The van der Waals surface area contributed by atoms with E-state index < -0.39 is 0 Å². The Morgan fingerprint density at radius 1 is 1.17 bits per heavy atom. The van der Waals surface area contributed by atoms with Crippen LogP contribution in [0.4, 0.5) is 0 Å². The quantitative estimate of drug-likeness (QED) is 0.571. The predicted molar refractivity (Wildman–Crippen MR) is 113 cm³/mol. The average molecular weight is 387 g/mol. The molecule has 0 bridgehead atoms. The first-order valence-corrected chi connectivity index (χ1v) is 10.00. The zero-order chi connectivity index (χ0) is 20.4. The maximum Gasteiger partial charge on any atom is 0.249 e. The maximum atomic E-state index is 12.5. The van der Waals surface area contributed by atoms with Crippen molar-refractivity contribution in [3.05, 3.63) is 77.7 Å². The van der Waals surface area contributed by atoms with Gasteiger partial charge in [-0.05, 0) is 29.0 Å². The largest absolute Gasteiger partial charge is 0.337 e. The molecule has 0 radical (unpaired) electrons. The van der Waals surface area contributed by atoms with E-state index in [9.17, 15) is 4.79 Å². The minimum atomic E-state index is -0.183. The number of carbonyl (C=O) groups excluding carboxylic acids is 1. The van der Waals surface area contributed by atoms with E-state index in [0.29, 0.717) is 37.0 Å². The molecule has 0 saturated carbocycles. The highest BCUT2D eigenvalue weighted by atomic mass is 16.5. The molecule has 1 atom stereocenters. The fourth-order valence-corrected chi connectivity index (χ4v) is 3.65. The highest BCUT2D eigenvalue weighted by Crippen LogP contribution is 2.34. The Bertz CT molecular complexity index is 1000. The third kappa shape index (κ3) is 3.99. The Morgan fingerprint density at radius 3 is 2.55 bits per heavy atom. The van der Waals surface area contributed by atoms with Gasteiger partial charge in [-0.25, -0.2) is 0 Å². The number of hydrogen-bond acceptors (Lipinski definition) is 4. The van der Waals surface area contributed by atoms with Gasteiger partial charge in [0.25, 0.3) is 0 Å². The minimum Gasteiger partial charge on any atom is -0.337 e. The highest BCUT2D eigenvalue weighted by molar-refractivity contribution is 5.79. The predicted octanol–water partition coefficient (Wildman–Crippen LogP) is 5.37. The molecule has 148 valence electrons. The van der Waals surface area contributed by atoms with Crippen molar-refractivity contribution in [2.24, 2.45) is 0 Å². The van der Waals surface area contributed by atoms with E-state index >= 15 is 0 Å². The molecule has 5 nitrogen and oxygen atoms in total. The first-order valence-electron chi connectivity index (χ1n) is 10.00. The van der Waals surface area contributed by atoms with Crippen LogP contribution in [0, 0.1) is 0 Å². The number of likely N-dealkylation sites (tertiary alicyclic amines) is 1. The Balaban J connectivity index is 1.53. The van der Waals surface area contributed by atoms with Gasteiger partial charge < -0.3 is 9.42 Å². The van der Waals surface area contributed by atoms with Crippen molar-refractivity contribution in [3.63, 3.8) is 0 Å². The lowest BCUT2D eigenvalue weighted by molar-refractivity contribution is -0.129. The summed E-state index contributed by atoms with van der Waals surface area (Å²) < 4.78 is 5.57. The number of amides is 1. The normalized spacial score (nSPS) is 16.6. The summed E-state index contributed by atoms with van der Waals surface area (Å²) in [5.41, 5.74) is 4.32. The van der Waals surface area contributed by atoms with Crippen molar-refractivity contribution in [1.82, 2.24) is 15.0 Å². The molecule has 5 heteroatoms. The first-order chi connectivity index (χ1) is 14.0. The Hall–Kier alpha value is -3.21. The van der Waals surface area contributed by atoms with Gasteiger partial charge in [-0.15, -0.1) is 0 Å². The van der Waals surface area contributed by atoms with Crippen LogP contribution >= 0.6 is 0 Å². The second-order valence-electron chi connectivity index (χ2n) is 7.75. The lowest BCUT2D eigenvalue weighted by Gasteiger charge is -2.22. The molecule has 1 unspecified atom stereocenters. The van der Waals surface area contributed by atoms with Gasteiger partial charge in [-0.3, -0.25) is 4.79 Å². The summed E-state index contributed by atoms with van der Waals surface area (Å²) in [5.74, 6) is 1.65. The highest BCUT2D eigenvalue weighted by Gasteiger charge is 2.36. The second kappa shape index (κ2) is 8.03. The molecule has 4 rings (SSSR count). The van der Waals surface area contributed by atoms with Crippen molar-refractivity contribution in [2.75, 3.05) is 0 Å². The third-order valence-electron chi connectivity index (χ3n) is 5.46. The molecule has 1 aliphatic heterocycles. The van der Waals surface area contributed by atoms with E-state index in [4.69, 9.17) is 4.52 Å². The van der Waals surface area contributed by atoms with Gasteiger partial charge in [0.2, 0.25) is 17.6 Å². The van der Waals surface area contributed by atoms with Crippen molar-refractivity contribution < 1.29 is 9.32 Å². The molecule has 0 aliphatic carbocycles. The Morgan fingerprint density at radius 2 is 1.90 bits per heavy atom. The van der Waals surface area contributed by atoms with Gasteiger partial charge in [-0.1, -0.05) is 80.2 Å². The van der Waals surface area contributed by atoms with Crippen LogP contribution < -0.4 is 0 Å². The van der Waals surface area contributed by atoms with Crippen molar-refractivity contribution >= 4 is 12.0 Å². The summed E-state index contributed by atoms with van der Waals surface area (Å²) in [6.07, 6.45) is 3.00. The number of carbonyl (C=O) groups is 1. The van der Waals surface area contributed by atoms with E-state index in [-0.39, 0.29) is 11.9 Å². The number of hydrogen-bond donors (Lipinski definition) is 0. The first kappa shape index (κ1) is 19.1. The average Bonchev–Trinajstić information content (AvgIpc) is 3.36. The minimum absolute atomic E-state index is 0.115. The molecule has 1 saturated heterocycles. The molecular weight excluding hydrogens is 362 g/mol. The van der Waals surface area contributed by atoms with Crippen molar-refractivity contribution in [1.29, 1.82) is 0 Å². The van der Waals surface area contributed by atoms with Crippen LogP contribution in [0.5, 0.6) is 0 Å². The van der Waals surface area contributed by atoms with E-state index in [2.05, 4.69) is 42.7 Å². The van der Waals surface area contributed by atoms with Crippen LogP contribution in [0.3, 0.4) is 0 Å². The molecule has 29 heavy (non-hydrogen) atoms. The SMILES string of the molecule is C=Cc1ccc(CN2C(=O)CCC2c2nc(-c3ccc(C(C)C)cc3)no2)cc1. The fraction of sp³-hybridized carbons (Fsp3) is 0.292. The van der Waals surface area contributed by atoms with Crippen LogP contribution in [0.1, 0.15) is 61.2 Å². The van der Waals surface area contributed by atoms with Crippen molar-refractivity contribution in [2.45, 2.75) is 45.2 Å². The lowest BCUT2D eigenvalue weighted by atomic mass is 10.0. The van der Waals surface area contributed by atoms with E-state index in [1.807, 2.05) is 41.3 Å². The van der Waals surface area contributed by atoms with E-state index in [0.717, 1.165) is 16.7 Å². The van der Waals surface area contributed by atoms with Gasteiger partial charge in [0.05, 0.1) is 0 Å². The van der Waals surface area contributed by atoms with Gasteiger partial charge in [0.1, 0.15) is 6.04 Å². The van der Waals surface area contributed by atoms with Gasteiger partial charge in [0, 0.05) is 18.5 Å². The molecule has 1 fully saturated rings. The number of aromatic nitrogens is 2. The summed E-state index contributed by atoms with van der Waals surface area (Å²) in [5, 5.41) is 4.16. The number of benzene rings is 2. The monoisotopic (exact) mass is 387 g/mol. The lowest BCUT2D eigenvalue weighted by Crippen LogP contribution is -2.27. The van der Waals surface area contributed by atoms with Gasteiger partial charge in [-0.2, -0.15) is 4.98 Å². The molecule has 2 aromatic carbocycles. The molecule has 0 spiro atoms. The summed E-state index contributed by atoms with van der Waals surface area (Å²) >= 11 is 0. The molecular formula is C24H25N3O2. The molecule has 0 N–H and O–H groups in total. The zero-order valence-corrected chi connectivity index (χ0v) is 16.8. The molecule has 3 aromatic rings. The summed E-state index contributed by atoms with van der Waals surface area (Å²) in [6.45, 7) is 8.64. The van der Waals surface area contributed by atoms with Crippen molar-refractivity contribution in [3.8, 4) is 11.4 Å². The number of rotatable bonds is 6. The Kier molecular flexibility index (Phi) is 5.30. The van der Waals surface area contributed by atoms with Gasteiger partial charge in [0.15, 0.2) is 0 Å². The van der Waals surface area contributed by atoms with Crippen LogP contribution in [0.25, 0.3) is 17.5 Å². The summed E-state index contributed by atoms with van der Waals surface area (Å²) in [7, 11) is 0. The van der Waals surface area contributed by atoms with Crippen LogP contribution in [-0.2, 0) is 11.3 Å². The van der Waals surface area contributed by atoms with E-state index in [1.54, 1.807) is 6.08 Å². The van der Waals surface area contributed by atoms with E-state index in [1.165, 1.54) is 5.56 Å². The molecule has 1 amide bonds. The fourth-order valence-electron chi connectivity index (χ4n) is 3.65. The zero-order valence-electron chi connectivity index (χ0n) is 16.8. The van der Waals surface area contributed by atoms with Crippen LogP contribution in [0.2, 0.25) is 0 Å².